The standard InChI is InChI=1S/C11H10ClF3N4O6S2.C10H8ClF3N4O4S.C9H6ClF3N4O2/c1-26(22,23)19(27(2,24)25)10-8-6(12)3-4-7(18(20)21)9(8)17(16-10)5-11(13,14)15;1-23(21,22)16-9-7-5(11)2-3-6(18(19)20)8(7)17(15-9)4-10(12,13)14;10-4-1-2-5(17(18)19)7-6(4)8(14)15-16(7)3-9(11,12)13/h3-4H,5H2,1-2H3;2-3H,4H2,1H3,(H,15,16);1-2H,3H2,(H2,14,15). The van der Waals surface area contributed by atoms with Gasteiger partial charge in [0.25, 0.3) is 17.1 Å². The Morgan fingerprint density at radius 2 is 0.899 bits per heavy atom. The molecule has 0 atom stereocenters. The Hall–Kier alpha value is -6.24. The van der Waals surface area contributed by atoms with E-state index in [0.29, 0.717) is 21.9 Å². The van der Waals surface area contributed by atoms with E-state index in [4.69, 9.17) is 40.5 Å². The number of sulfonamides is 3. The zero-order chi connectivity index (χ0) is 52.9. The zero-order valence-electron chi connectivity index (χ0n) is 33.8. The van der Waals surface area contributed by atoms with E-state index in [0.717, 1.165) is 36.6 Å². The molecule has 24 nitrogen and oxygen atoms in total. The molecule has 3 aromatic carbocycles. The first-order chi connectivity index (χ1) is 31.1. The van der Waals surface area contributed by atoms with Crippen molar-refractivity contribution in [1.82, 2.24) is 29.3 Å². The third-order valence-corrected chi connectivity index (χ3v) is 12.8. The monoisotopic (exact) mass is 1120 g/mol. The summed E-state index contributed by atoms with van der Waals surface area (Å²) in [6, 6.07) is 5.93. The predicted molar refractivity (Wildman–Crippen MR) is 227 cm³/mol. The van der Waals surface area contributed by atoms with Crippen LogP contribution in [0.5, 0.6) is 0 Å². The molecule has 0 bridgehead atoms. The molecule has 0 saturated carbocycles. The van der Waals surface area contributed by atoms with Gasteiger partial charge in [0, 0.05) is 18.2 Å². The SMILES string of the molecule is CS(=O)(=O)N(c1nn(CC(F)(F)F)c2c([N+](=O)[O-])ccc(Cl)c12)S(C)(=O)=O.CS(=O)(=O)Nc1nn(CC(F)(F)F)c2c([N+](=O)[O-])ccc(Cl)c12.Nc1nn(CC(F)(F)F)c2c([N+](=O)[O-])ccc(Cl)c12. The zero-order valence-corrected chi connectivity index (χ0v) is 38.5. The van der Waals surface area contributed by atoms with Crippen molar-refractivity contribution in [2.24, 2.45) is 0 Å². The number of rotatable bonds is 11. The number of nitrogens with one attached hydrogen (secondary N) is 1. The molecule has 69 heavy (non-hydrogen) atoms. The van der Waals surface area contributed by atoms with Crippen molar-refractivity contribution in [2.45, 2.75) is 38.2 Å². The van der Waals surface area contributed by atoms with Gasteiger partial charge in [-0.15, -0.1) is 3.71 Å². The van der Waals surface area contributed by atoms with Crippen LogP contribution in [0.3, 0.4) is 0 Å². The second kappa shape index (κ2) is 19.3. The number of nitrogens with two attached hydrogens (primary N) is 1. The fourth-order valence-corrected chi connectivity index (χ4v) is 10.1. The van der Waals surface area contributed by atoms with Crippen LogP contribution in [0.2, 0.25) is 15.1 Å². The molecule has 0 radical (unpaired) electrons. The molecule has 0 aliphatic rings. The van der Waals surface area contributed by atoms with Crippen LogP contribution in [-0.4, -0.2) is 107 Å². The van der Waals surface area contributed by atoms with Gasteiger partial charge in [-0.1, -0.05) is 34.8 Å². The number of alkyl halides is 9. The van der Waals surface area contributed by atoms with Gasteiger partial charge in [0.15, 0.2) is 17.5 Å². The molecule has 3 aromatic heterocycles. The van der Waals surface area contributed by atoms with Gasteiger partial charge >= 0.3 is 18.5 Å². The first-order valence-corrected chi connectivity index (χ1v) is 24.0. The molecule has 0 saturated heterocycles. The van der Waals surface area contributed by atoms with Gasteiger partial charge in [-0.3, -0.25) is 35.1 Å². The van der Waals surface area contributed by atoms with E-state index in [1.165, 1.54) is 6.07 Å². The summed E-state index contributed by atoms with van der Waals surface area (Å²) in [4.78, 5) is 30.4. The summed E-state index contributed by atoms with van der Waals surface area (Å²) >= 11 is 17.5. The van der Waals surface area contributed by atoms with E-state index in [1.54, 1.807) is 0 Å². The van der Waals surface area contributed by atoms with Crippen LogP contribution in [0.1, 0.15) is 0 Å². The quantitative estimate of drug-likeness (QED) is 0.0738. The van der Waals surface area contributed by atoms with Gasteiger partial charge in [-0.05, 0) is 18.2 Å². The molecule has 0 aliphatic heterocycles. The Balaban J connectivity index is 0.000000229. The van der Waals surface area contributed by atoms with Crippen molar-refractivity contribution in [1.29, 1.82) is 0 Å². The maximum Gasteiger partial charge on any atom is 0.408 e. The minimum Gasteiger partial charge on any atom is -0.382 e. The molecular formula is C30H24Cl3F9N12O12S3. The van der Waals surface area contributed by atoms with E-state index >= 15 is 0 Å². The third kappa shape index (κ3) is 13.3. The van der Waals surface area contributed by atoms with Gasteiger partial charge in [-0.25, -0.2) is 39.3 Å². The number of anilines is 3. The minimum atomic E-state index is -4.90. The van der Waals surface area contributed by atoms with Crippen LogP contribution < -0.4 is 14.2 Å². The van der Waals surface area contributed by atoms with Crippen LogP contribution in [0, 0.1) is 30.3 Å². The van der Waals surface area contributed by atoms with E-state index in [-0.39, 0.29) is 40.5 Å². The van der Waals surface area contributed by atoms with Gasteiger partial charge < -0.3 is 5.73 Å². The smallest absolute Gasteiger partial charge is 0.382 e. The van der Waals surface area contributed by atoms with Crippen LogP contribution in [0.25, 0.3) is 32.7 Å². The van der Waals surface area contributed by atoms with Gasteiger partial charge in [0.05, 0.1) is 64.8 Å². The first kappa shape index (κ1) is 55.4. The molecule has 0 spiro atoms. The minimum absolute atomic E-state index is 0.00604. The first-order valence-electron chi connectivity index (χ1n) is 17.3. The number of fused-ring (bicyclic) bond motifs is 3. The summed E-state index contributed by atoms with van der Waals surface area (Å²) in [7, 11) is -13.1. The van der Waals surface area contributed by atoms with E-state index in [2.05, 4.69) is 15.3 Å². The summed E-state index contributed by atoms with van der Waals surface area (Å²) in [5, 5.41) is 41.9. The van der Waals surface area contributed by atoms with Crippen molar-refractivity contribution < 1.29 is 79.5 Å². The molecule has 0 amide bonds. The lowest BCUT2D eigenvalue weighted by Gasteiger charge is -2.17. The maximum atomic E-state index is 12.9. The average Bonchev–Trinajstić information content (AvgIpc) is 3.76. The molecule has 0 unspecified atom stereocenters. The number of nitrogens with zero attached hydrogens (tertiary/aromatic N) is 10. The van der Waals surface area contributed by atoms with Crippen LogP contribution in [0.4, 0.5) is 74.0 Å². The van der Waals surface area contributed by atoms with Crippen LogP contribution in [0.15, 0.2) is 36.4 Å². The van der Waals surface area contributed by atoms with Crippen molar-refractivity contribution >= 4 is 132 Å². The summed E-state index contributed by atoms with van der Waals surface area (Å²) in [6.45, 7) is -4.97. The second-order valence-electron chi connectivity index (χ2n) is 13.6. The van der Waals surface area contributed by atoms with Crippen molar-refractivity contribution in [3.63, 3.8) is 0 Å². The highest BCUT2D eigenvalue weighted by atomic mass is 35.5. The fourth-order valence-electron chi connectivity index (χ4n) is 6.03. The molecule has 3 heterocycles. The van der Waals surface area contributed by atoms with Crippen molar-refractivity contribution in [2.75, 3.05) is 32.9 Å². The predicted octanol–water partition coefficient (Wildman–Crippen LogP) is 7.16. The fraction of sp³-hybridized carbons (Fsp3) is 0.300. The highest BCUT2D eigenvalue weighted by Crippen LogP contribution is 2.41. The summed E-state index contributed by atoms with van der Waals surface area (Å²) in [5.41, 5.74) is 1.76. The lowest BCUT2D eigenvalue weighted by atomic mass is 10.2. The summed E-state index contributed by atoms with van der Waals surface area (Å²) in [6.07, 6.45) is -12.5. The molecule has 0 fully saturated rings. The number of hydrogen-bond acceptors (Lipinski definition) is 16. The highest BCUT2D eigenvalue weighted by Gasteiger charge is 2.39. The average molecular weight is 1120 g/mol. The van der Waals surface area contributed by atoms with Crippen molar-refractivity contribution in [3.05, 3.63) is 81.8 Å². The maximum absolute atomic E-state index is 12.9. The molecule has 378 valence electrons. The lowest BCUT2D eigenvalue weighted by molar-refractivity contribution is -0.383. The highest BCUT2D eigenvalue weighted by molar-refractivity contribution is 8.09. The summed E-state index contributed by atoms with van der Waals surface area (Å²) in [5.74, 6) is -1.79. The largest absolute Gasteiger partial charge is 0.408 e. The van der Waals surface area contributed by atoms with E-state index in [9.17, 15) is 95.1 Å². The molecule has 39 heteroatoms. The summed E-state index contributed by atoms with van der Waals surface area (Å²) < 4.78 is 187. The van der Waals surface area contributed by atoms with Gasteiger partial charge in [0.1, 0.15) is 36.2 Å². The normalized spacial score (nSPS) is 12.6. The Morgan fingerprint density at radius 3 is 1.25 bits per heavy atom. The Labute approximate surface area is 392 Å². The number of halogens is 12. The van der Waals surface area contributed by atoms with Gasteiger partial charge in [0.2, 0.25) is 30.1 Å². The molecule has 3 N–H and O–H groups in total. The number of nitro groups is 3. The number of nitrogen functional groups attached to an aromatic ring is 1. The number of aromatic nitrogens is 6. The molecule has 6 rings (SSSR count). The number of nitro benzene ring substituents is 3. The number of hydrogen-bond donors (Lipinski definition) is 2. The topological polar surface area (TPSA) is 327 Å². The van der Waals surface area contributed by atoms with Gasteiger partial charge in [-0.2, -0.15) is 54.8 Å². The Bertz CT molecular complexity index is 3370. The van der Waals surface area contributed by atoms with E-state index in [1.807, 2.05) is 4.72 Å². The Kier molecular flexibility index (Phi) is 15.5. The van der Waals surface area contributed by atoms with E-state index < -0.39 is 133 Å². The molecule has 0 aliphatic carbocycles. The molecule has 6 aromatic rings. The van der Waals surface area contributed by atoms with Crippen LogP contribution in [-0.2, 0) is 49.7 Å². The lowest BCUT2D eigenvalue weighted by Crippen LogP contribution is -2.36. The third-order valence-electron chi connectivity index (χ3n) is 8.11. The van der Waals surface area contributed by atoms with Crippen molar-refractivity contribution in [3.8, 4) is 0 Å². The second-order valence-corrected chi connectivity index (χ2v) is 20.5. The number of non-ortho nitro benzene ring substituents is 3. The Morgan fingerprint density at radius 1 is 0.580 bits per heavy atom. The van der Waals surface area contributed by atoms with Crippen LogP contribution >= 0.6 is 34.8 Å². The number of benzene rings is 3. The molecular weight excluding hydrogens is 1090 g/mol.